The molecule has 1 rings (SSSR count). The highest BCUT2D eigenvalue weighted by Gasteiger charge is 2.28. The maximum Gasteiger partial charge on any atom is 0.248 e. The Morgan fingerprint density at radius 2 is 2.07 bits per heavy atom. The van der Waals surface area contributed by atoms with E-state index in [9.17, 15) is 19.2 Å². The summed E-state index contributed by atoms with van der Waals surface area (Å²) in [6.45, 7) is 1.46. The fourth-order valence-corrected chi connectivity index (χ4v) is 1.24. The molecule has 0 aromatic rings. The van der Waals surface area contributed by atoms with Crippen LogP contribution in [-0.2, 0) is 19.2 Å². The first-order valence-corrected chi connectivity index (χ1v) is 4.59. The third-order valence-corrected chi connectivity index (χ3v) is 2.05. The number of carbonyl (C=O) groups excluding carboxylic acids is 4. The standard InChI is InChI=1S/C9H12N2O4/c1-6(5-12)4-11-8(14)2-7(13)10-3-9(11)15/h5-6H,2-4H2,1H3,(H,10,13). The minimum atomic E-state index is -0.552. The monoisotopic (exact) mass is 212 g/mol. The van der Waals surface area contributed by atoms with Gasteiger partial charge in [0.25, 0.3) is 0 Å². The van der Waals surface area contributed by atoms with Gasteiger partial charge in [-0.3, -0.25) is 19.3 Å². The van der Waals surface area contributed by atoms with Gasteiger partial charge in [-0.2, -0.15) is 0 Å². The summed E-state index contributed by atoms with van der Waals surface area (Å²) >= 11 is 0. The van der Waals surface area contributed by atoms with E-state index in [1.54, 1.807) is 6.92 Å². The molecule has 0 aliphatic carbocycles. The van der Waals surface area contributed by atoms with Crippen molar-refractivity contribution in [3.63, 3.8) is 0 Å². The minimum absolute atomic E-state index is 0.0378. The van der Waals surface area contributed by atoms with Crippen molar-refractivity contribution in [2.45, 2.75) is 13.3 Å². The van der Waals surface area contributed by atoms with Gasteiger partial charge in [-0.15, -0.1) is 0 Å². The van der Waals surface area contributed by atoms with Crippen molar-refractivity contribution in [3.05, 3.63) is 0 Å². The van der Waals surface area contributed by atoms with Crippen LogP contribution in [0.25, 0.3) is 0 Å². The van der Waals surface area contributed by atoms with E-state index in [0.717, 1.165) is 4.90 Å². The molecule has 15 heavy (non-hydrogen) atoms. The fraction of sp³-hybridized carbons (Fsp3) is 0.556. The van der Waals surface area contributed by atoms with Gasteiger partial charge in [0, 0.05) is 12.5 Å². The van der Waals surface area contributed by atoms with Gasteiger partial charge in [-0.25, -0.2) is 0 Å². The molecule has 0 aromatic carbocycles. The van der Waals surface area contributed by atoms with Crippen molar-refractivity contribution in [2.75, 3.05) is 13.1 Å². The molecule has 1 aliphatic heterocycles. The third kappa shape index (κ3) is 2.87. The predicted molar refractivity (Wildman–Crippen MR) is 49.6 cm³/mol. The van der Waals surface area contributed by atoms with Gasteiger partial charge in [0.1, 0.15) is 12.7 Å². The molecule has 1 N–H and O–H groups in total. The molecule has 0 radical (unpaired) electrons. The summed E-state index contributed by atoms with van der Waals surface area (Å²) in [7, 11) is 0. The van der Waals surface area contributed by atoms with Crippen LogP contribution in [0.1, 0.15) is 13.3 Å². The van der Waals surface area contributed by atoms with E-state index in [-0.39, 0.29) is 19.5 Å². The van der Waals surface area contributed by atoms with Crippen LogP contribution in [0.15, 0.2) is 0 Å². The van der Waals surface area contributed by atoms with Gasteiger partial charge in [0.15, 0.2) is 0 Å². The first-order valence-electron chi connectivity index (χ1n) is 4.59. The first-order chi connectivity index (χ1) is 7.04. The van der Waals surface area contributed by atoms with Crippen molar-refractivity contribution in [2.24, 2.45) is 5.92 Å². The highest BCUT2D eigenvalue weighted by atomic mass is 16.2. The van der Waals surface area contributed by atoms with E-state index in [0.29, 0.717) is 6.29 Å². The van der Waals surface area contributed by atoms with Gasteiger partial charge in [-0.1, -0.05) is 6.92 Å². The molecule has 0 spiro atoms. The van der Waals surface area contributed by atoms with Gasteiger partial charge >= 0.3 is 0 Å². The van der Waals surface area contributed by atoms with Crippen LogP contribution < -0.4 is 5.32 Å². The molecular weight excluding hydrogens is 200 g/mol. The highest BCUT2D eigenvalue weighted by Crippen LogP contribution is 2.04. The average molecular weight is 212 g/mol. The van der Waals surface area contributed by atoms with Crippen LogP contribution in [0.2, 0.25) is 0 Å². The lowest BCUT2D eigenvalue weighted by Crippen LogP contribution is -2.41. The number of nitrogens with zero attached hydrogens (tertiary/aromatic N) is 1. The number of nitrogens with one attached hydrogen (secondary N) is 1. The highest BCUT2D eigenvalue weighted by molar-refractivity contribution is 6.08. The minimum Gasteiger partial charge on any atom is -0.347 e. The molecule has 82 valence electrons. The lowest BCUT2D eigenvalue weighted by Gasteiger charge is -2.19. The lowest BCUT2D eigenvalue weighted by atomic mass is 10.2. The summed E-state index contributed by atoms with van der Waals surface area (Å²) in [6, 6.07) is 0. The topological polar surface area (TPSA) is 83.6 Å². The molecular formula is C9H12N2O4. The summed E-state index contributed by atoms with van der Waals surface area (Å²) in [5, 5.41) is 2.31. The molecule has 6 nitrogen and oxygen atoms in total. The van der Waals surface area contributed by atoms with Crippen LogP contribution >= 0.6 is 0 Å². The number of carbonyl (C=O) groups is 4. The lowest BCUT2D eigenvalue weighted by molar-refractivity contribution is -0.144. The van der Waals surface area contributed by atoms with E-state index in [2.05, 4.69) is 5.32 Å². The molecule has 1 aliphatic rings. The SMILES string of the molecule is CC(C=O)CN1C(=O)CNC(=O)CC1=O. The second-order valence-electron chi connectivity index (χ2n) is 3.46. The molecule has 0 bridgehead atoms. The Kier molecular flexibility index (Phi) is 3.54. The number of hydrogen-bond acceptors (Lipinski definition) is 4. The molecule has 1 unspecified atom stereocenters. The van der Waals surface area contributed by atoms with Gasteiger partial charge < -0.3 is 10.1 Å². The maximum atomic E-state index is 11.4. The Morgan fingerprint density at radius 1 is 1.40 bits per heavy atom. The molecule has 1 heterocycles. The number of hydrogen-bond donors (Lipinski definition) is 1. The zero-order valence-electron chi connectivity index (χ0n) is 8.36. The van der Waals surface area contributed by atoms with Gasteiger partial charge in [0.2, 0.25) is 17.7 Å². The molecule has 1 fully saturated rings. The summed E-state index contributed by atoms with van der Waals surface area (Å²) in [5.74, 6) is -1.90. The van der Waals surface area contributed by atoms with E-state index in [1.165, 1.54) is 0 Å². The normalized spacial score (nSPS) is 19.5. The van der Waals surface area contributed by atoms with Crippen LogP contribution in [0.4, 0.5) is 0 Å². The third-order valence-electron chi connectivity index (χ3n) is 2.05. The molecule has 6 heteroatoms. The summed E-state index contributed by atoms with van der Waals surface area (Å²) in [4.78, 5) is 45.1. The molecule has 1 atom stereocenters. The number of rotatable bonds is 3. The van der Waals surface area contributed by atoms with Crippen LogP contribution in [0.5, 0.6) is 0 Å². The number of imide groups is 1. The van der Waals surface area contributed by atoms with E-state index < -0.39 is 23.6 Å². The van der Waals surface area contributed by atoms with Crippen molar-refractivity contribution >= 4 is 24.0 Å². The molecule has 3 amide bonds. The zero-order chi connectivity index (χ0) is 11.4. The number of amides is 3. The Morgan fingerprint density at radius 3 is 2.67 bits per heavy atom. The van der Waals surface area contributed by atoms with E-state index >= 15 is 0 Å². The average Bonchev–Trinajstić information content (AvgIpc) is 2.31. The summed E-state index contributed by atoms with van der Waals surface area (Å²) < 4.78 is 0. The fourth-order valence-electron chi connectivity index (χ4n) is 1.24. The second kappa shape index (κ2) is 4.68. The summed E-state index contributed by atoms with van der Waals surface area (Å²) in [6.07, 6.45) is 0.331. The van der Waals surface area contributed by atoms with Crippen molar-refractivity contribution in [1.82, 2.24) is 10.2 Å². The largest absolute Gasteiger partial charge is 0.347 e. The summed E-state index contributed by atoms with van der Waals surface area (Å²) in [5.41, 5.74) is 0. The van der Waals surface area contributed by atoms with E-state index in [1.807, 2.05) is 0 Å². The number of aldehydes is 1. The second-order valence-corrected chi connectivity index (χ2v) is 3.46. The maximum absolute atomic E-state index is 11.4. The molecule has 1 saturated heterocycles. The van der Waals surface area contributed by atoms with Crippen LogP contribution in [0, 0.1) is 5.92 Å². The smallest absolute Gasteiger partial charge is 0.248 e. The predicted octanol–water partition coefficient (Wildman–Crippen LogP) is -1.30. The Hall–Kier alpha value is -1.72. The Labute approximate surface area is 86.6 Å². The Bertz CT molecular complexity index is 313. The Balaban J connectivity index is 2.74. The quantitative estimate of drug-likeness (QED) is 0.358. The van der Waals surface area contributed by atoms with Gasteiger partial charge in [-0.05, 0) is 0 Å². The van der Waals surface area contributed by atoms with E-state index in [4.69, 9.17) is 0 Å². The van der Waals surface area contributed by atoms with Crippen molar-refractivity contribution in [1.29, 1.82) is 0 Å². The van der Waals surface area contributed by atoms with Crippen molar-refractivity contribution in [3.8, 4) is 0 Å². The van der Waals surface area contributed by atoms with Crippen molar-refractivity contribution < 1.29 is 19.2 Å². The zero-order valence-corrected chi connectivity index (χ0v) is 8.36. The molecule has 0 saturated carbocycles. The first kappa shape index (κ1) is 11.4. The van der Waals surface area contributed by atoms with Crippen LogP contribution in [-0.4, -0.2) is 42.0 Å². The molecule has 0 aromatic heterocycles. The van der Waals surface area contributed by atoms with Crippen LogP contribution in [0.3, 0.4) is 0 Å². The van der Waals surface area contributed by atoms with Gasteiger partial charge in [0.05, 0.1) is 6.54 Å².